The average molecular weight is 325 g/mol. The van der Waals surface area contributed by atoms with Crippen LogP contribution in [0.15, 0.2) is 41.4 Å². The Morgan fingerprint density at radius 2 is 2.30 bits per heavy atom. The van der Waals surface area contributed by atoms with E-state index in [0.717, 1.165) is 36.3 Å². The lowest BCUT2D eigenvalue weighted by atomic mass is 10.2. The van der Waals surface area contributed by atoms with Crippen molar-refractivity contribution in [1.29, 1.82) is 0 Å². The first kappa shape index (κ1) is 14.5. The van der Waals surface area contributed by atoms with Gasteiger partial charge in [0.05, 0.1) is 12.1 Å². The lowest BCUT2D eigenvalue weighted by Crippen LogP contribution is -2.33. The second kappa shape index (κ2) is 5.81. The smallest absolute Gasteiger partial charge is 0.229 e. The van der Waals surface area contributed by atoms with Gasteiger partial charge in [0.2, 0.25) is 5.91 Å². The van der Waals surface area contributed by atoms with Crippen LogP contribution in [0.2, 0.25) is 0 Å². The van der Waals surface area contributed by atoms with Crippen LogP contribution in [0, 0.1) is 6.92 Å². The van der Waals surface area contributed by atoms with E-state index < -0.39 is 0 Å². The maximum atomic E-state index is 12.8. The van der Waals surface area contributed by atoms with Crippen LogP contribution in [0.3, 0.4) is 0 Å². The number of nitrogens with zero attached hydrogens (tertiary/aromatic N) is 3. The van der Waals surface area contributed by atoms with Gasteiger partial charge >= 0.3 is 0 Å². The summed E-state index contributed by atoms with van der Waals surface area (Å²) in [6, 6.07) is 6.56. The largest absolute Gasteiger partial charge is 0.335 e. The van der Waals surface area contributed by atoms with E-state index in [1.807, 2.05) is 40.8 Å². The van der Waals surface area contributed by atoms with E-state index in [9.17, 15) is 4.79 Å². The molecule has 1 aliphatic rings. The van der Waals surface area contributed by atoms with Crippen molar-refractivity contribution in [3.8, 4) is 0 Å². The van der Waals surface area contributed by atoms with Crippen LogP contribution in [0.1, 0.15) is 29.7 Å². The summed E-state index contributed by atoms with van der Waals surface area (Å²) >= 11 is 1.68. The lowest BCUT2D eigenvalue weighted by Gasteiger charge is -2.21. The van der Waals surface area contributed by atoms with Crippen molar-refractivity contribution in [2.45, 2.75) is 38.8 Å². The SMILES string of the molecule is Cc1cccn2cc(CC(=O)N(Cc3ccsc3)C3CC3)nc12. The Hall–Kier alpha value is -2.14. The van der Waals surface area contributed by atoms with E-state index in [4.69, 9.17) is 0 Å². The molecule has 4 rings (SSSR count). The molecule has 118 valence electrons. The fourth-order valence-corrected chi connectivity index (χ4v) is 3.59. The highest BCUT2D eigenvalue weighted by Gasteiger charge is 2.32. The first-order valence-corrected chi connectivity index (χ1v) is 8.89. The van der Waals surface area contributed by atoms with Crippen molar-refractivity contribution in [1.82, 2.24) is 14.3 Å². The van der Waals surface area contributed by atoms with Crippen molar-refractivity contribution < 1.29 is 4.79 Å². The zero-order valence-corrected chi connectivity index (χ0v) is 13.9. The summed E-state index contributed by atoms with van der Waals surface area (Å²) in [6.07, 6.45) is 6.57. The Kier molecular flexibility index (Phi) is 3.65. The summed E-state index contributed by atoms with van der Waals surface area (Å²) in [7, 11) is 0. The number of fused-ring (bicyclic) bond motifs is 1. The summed E-state index contributed by atoms with van der Waals surface area (Å²) in [5, 5.41) is 4.19. The van der Waals surface area contributed by atoms with Gasteiger partial charge in [0.25, 0.3) is 0 Å². The highest BCUT2D eigenvalue weighted by Crippen LogP contribution is 2.29. The Morgan fingerprint density at radius 3 is 3.00 bits per heavy atom. The van der Waals surface area contributed by atoms with E-state index in [0.29, 0.717) is 12.5 Å². The highest BCUT2D eigenvalue weighted by atomic mass is 32.1. The minimum atomic E-state index is 0.180. The molecule has 3 aromatic rings. The number of pyridine rings is 1. The highest BCUT2D eigenvalue weighted by molar-refractivity contribution is 7.07. The number of aryl methyl sites for hydroxylation is 1. The molecular weight excluding hydrogens is 306 g/mol. The van der Waals surface area contributed by atoms with Crippen LogP contribution < -0.4 is 0 Å². The van der Waals surface area contributed by atoms with Crippen molar-refractivity contribution in [3.05, 3.63) is 58.2 Å². The van der Waals surface area contributed by atoms with Gasteiger partial charge in [0.15, 0.2) is 0 Å². The van der Waals surface area contributed by atoms with E-state index in [1.54, 1.807) is 11.3 Å². The Morgan fingerprint density at radius 1 is 1.43 bits per heavy atom. The minimum Gasteiger partial charge on any atom is -0.335 e. The van der Waals surface area contributed by atoms with Gasteiger partial charge in [-0.15, -0.1) is 0 Å². The fourth-order valence-electron chi connectivity index (χ4n) is 2.93. The topological polar surface area (TPSA) is 37.6 Å². The Bertz CT molecular complexity index is 833. The molecule has 1 aliphatic carbocycles. The van der Waals surface area contributed by atoms with E-state index in [2.05, 4.69) is 21.8 Å². The fraction of sp³-hybridized carbons (Fsp3) is 0.333. The standard InChI is InChI=1S/C18H19N3OS/c1-13-3-2-7-20-11-15(19-18(13)20)9-17(22)21(16-4-5-16)10-14-6-8-23-12-14/h2-3,6-8,11-12,16H,4-5,9-10H2,1H3. The van der Waals surface area contributed by atoms with Gasteiger partial charge in [-0.1, -0.05) is 6.07 Å². The zero-order chi connectivity index (χ0) is 15.8. The molecule has 0 N–H and O–H groups in total. The van der Waals surface area contributed by atoms with Crippen LogP contribution in [-0.2, 0) is 17.8 Å². The molecule has 3 heterocycles. The lowest BCUT2D eigenvalue weighted by molar-refractivity contribution is -0.131. The molecule has 5 heteroatoms. The van der Waals surface area contributed by atoms with Gasteiger partial charge in [-0.25, -0.2) is 4.98 Å². The number of imidazole rings is 1. The maximum Gasteiger partial charge on any atom is 0.229 e. The molecule has 0 bridgehead atoms. The molecular formula is C18H19N3OS. The molecule has 0 saturated heterocycles. The first-order valence-electron chi connectivity index (χ1n) is 7.94. The van der Waals surface area contributed by atoms with Crippen LogP contribution >= 0.6 is 11.3 Å². The second-order valence-corrected chi connectivity index (χ2v) is 7.00. The monoisotopic (exact) mass is 325 g/mol. The van der Waals surface area contributed by atoms with Gasteiger partial charge in [0, 0.05) is 25.0 Å². The number of rotatable bonds is 5. The summed E-state index contributed by atoms with van der Waals surface area (Å²) < 4.78 is 2.00. The Balaban J connectivity index is 1.53. The predicted molar refractivity (Wildman–Crippen MR) is 91.5 cm³/mol. The molecule has 4 nitrogen and oxygen atoms in total. The van der Waals surface area contributed by atoms with Crippen molar-refractivity contribution in [3.63, 3.8) is 0 Å². The number of hydrogen-bond acceptors (Lipinski definition) is 3. The van der Waals surface area contributed by atoms with Crippen molar-refractivity contribution in [2.24, 2.45) is 0 Å². The number of aromatic nitrogens is 2. The molecule has 0 aliphatic heterocycles. The molecule has 0 spiro atoms. The molecule has 0 radical (unpaired) electrons. The van der Waals surface area contributed by atoms with Gasteiger partial charge in [-0.3, -0.25) is 4.79 Å². The summed E-state index contributed by atoms with van der Waals surface area (Å²) in [5.74, 6) is 0.180. The van der Waals surface area contributed by atoms with Crippen LogP contribution in [0.25, 0.3) is 5.65 Å². The third kappa shape index (κ3) is 3.01. The molecule has 1 amide bonds. The van der Waals surface area contributed by atoms with E-state index >= 15 is 0 Å². The quantitative estimate of drug-likeness (QED) is 0.721. The molecule has 1 fully saturated rings. The van der Waals surface area contributed by atoms with Gasteiger partial charge in [0.1, 0.15) is 5.65 Å². The maximum absolute atomic E-state index is 12.8. The summed E-state index contributed by atoms with van der Waals surface area (Å²) in [4.78, 5) is 19.4. The molecule has 0 atom stereocenters. The molecule has 3 aromatic heterocycles. The third-order valence-electron chi connectivity index (χ3n) is 4.30. The van der Waals surface area contributed by atoms with Crippen molar-refractivity contribution >= 4 is 22.9 Å². The molecule has 0 unspecified atom stereocenters. The molecule has 0 aromatic carbocycles. The Labute approximate surface area is 139 Å². The zero-order valence-electron chi connectivity index (χ0n) is 13.1. The van der Waals surface area contributed by atoms with Gasteiger partial charge < -0.3 is 9.30 Å². The van der Waals surface area contributed by atoms with Crippen molar-refractivity contribution in [2.75, 3.05) is 0 Å². The van der Waals surface area contributed by atoms with Crippen LogP contribution in [0.4, 0.5) is 0 Å². The number of hydrogen-bond donors (Lipinski definition) is 0. The van der Waals surface area contributed by atoms with Gasteiger partial charge in [-0.05, 0) is 53.8 Å². The normalized spacial score (nSPS) is 14.3. The summed E-state index contributed by atoms with van der Waals surface area (Å²) in [6.45, 7) is 2.76. The van der Waals surface area contributed by atoms with Crippen LogP contribution in [-0.4, -0.2) is 26.2 Å². The first-order chi connectivity index (χ1) is 11.2. The third-order valence-corrected chi connectivity index (χ3v) is 5.03. The molecule has 23 heavy (non-hydrogen) atoms. The predicted octanol–water partition coefficient (Wildman–Crippen LogP) is 3.44. The number of carbonyl (C=O) groups is 1. The second-order valence-electron chi connectivity index (χ2n) is 6.22. The van der Waals surface area contributed by atoms with Crippen LogP contribution in [0.5, 0.6) is 0 Å². The number of carbonyl (C=O) groups excluding carboxylic acids is 1. The number of amides is 1. The number of thiophene rings is 1. The average Bonchev–Trinajstić information content (AvgIpc) is 3.07. The molecule has 1 saturated carbocycles. The van der Waals surface area contributed by atoms with E-state index in [-0.39, 0.29) is 5.91 Å². The van der Waals surface area contributed by atoms with Gasteiger partial charge in [-0.2, -0.15) is 11.3 Å². The van der Waals surface area contributed by atoms with E-state index in [1.165, 1.54) is 5.56 Å². The summed E-state index contributed by atoms with van der Waals surface area (Å²) in [5.41, 5.74) is 4.14. The minimum absolute atomic E-state index is 0.180.